The van der Waals surface area contributed by atoms with Gasteiger partial charge < -0.3 is 10.4 Å². The number of fused-ring (bicyclic) bond motifs is 1. The van der Waals surface area contributed by atoms with Crippen molar-refractivity contribution in [3.05, 3.63) is 77.2 Å². The zero-order valence-electron chi connectivity index (χ0n) is 16.2. The molecule has 4 N–H and O–H groups in total. The SMILES string of the molecule is CC[C@H](Cc1c[nH]c2ccccc12)C(=N)Cc1ccc(/C=C(\F)C(=O)NO)cc1. The van der Waals surface area contributed by atoms with Crippen molar-refractivity contribution >= 4 is 28.6 Å². The van der Waals surface area contributed by atoms with Crippen LogP contribution in [0, 0.1) is 11.3 Å². The maximum atomic E-state index is 13.5. The third-order valence-corrected chi connectivity index (χ3v) is 5.11. The average molecular weight is 393 g/mol. The summed E-state index contributed by atoms with van der Waals surface area (Å²) in [5.41, 5.74) is 5.70. The summed E-state index contributed by atoms with van der Waals surface area (Å²) < 4.78 is 13.5. The fraction of sp³-hybridized carbons (Fsp3) is 0.217. The van der Waals surface area contributed by atoms with Gasteiger partial charge in [-0.05, 0) is 41.7 Å². The lowest BCUT2D eigenvalue weighted by molar-refractivity contribution is -0.126. The van der Waals surface area contributed by atoms with E-state index in [1.54, 1.807) is 12.1 Å². The first-order chi connectivity index (χ1) is 14.0. The fourth-order valence-corrected chi connectivity index (χ4v) is 3.44. The minimum atomic E-state index is -1.18. The Morgan fingerprint density at radius 2 is 1.97 bits per heavy atom. The first-order valence-corrected chi connectivity index (χ1v) is 9.54. The highest BCUT2D eigenvalue weighted by Crippen LogP contribution is 2.23. The summed E-state index contributed by atoms with van der Waals surface area (Å²) in [5, 5.41) is 18.2. The number of hydrogen-bond donors (Lipinski definition) is 4. The Balaban J connectivity index is 1.67. The van der Waals surface area contributed by atoms with E-state index in [0.29, 0.717) is 17.7 Å². The van der Waals surface area contributed by atoms with E-state index in [2.05, 4.69) is 18.0 Å². The van der Waals surface area contributed by atoms with Gasteiger partial charge in [0.15, 0.2) is 5.83 Å². The highest BCUT2D eigenvalue weighted by atomic mass is 19.1. The highest BCUT2D eigenvalue weighted by Gasteiger charge is 2.16. The molecule has 29 heavy (non-hydrogen) atoms. The number of nitrogens with one attached hydrogen (secondary N) is 3. The van der Waals surface area contributed by atoms with E-state index in [9.17, 15) is 9.18 Å². The number of hydrogen-bond acceptors (Lipinski definition) is 3. The highest BCUT2D eigenvalue weighted by molar-refractivity contribution is 5.94. The number of H-pyrrole nitrogens is 1. The lowest BCUT2D eigenvalue weighted by Crippen LogP contribution is -2.18. The van der Waals surface area contributed by atoms with Crippen LogP contribution in [-0.2, 0) is 17.6 Å². The zero-order chi connectivity index (χ0) is 20.8. The van der Waals surface area contributed by atoms with Crippen LogP contribution >= 0.6 is 0 Å². The van der Waals surface area contributed by atoms with Crippen LogP contribution in [-0.4, -0.2) is 21.8 Å². The summed E-state index contributed by atoms with van der Waals surface area (Å²) in [6.45, 7) is 2.09. The maximum Gasteiger partial charge on any atom is 0.303 e. The Kier molecular flexibility index (Phi) is 6.57. The van der Waals surface area contributed by atoms with E-state index in [1.807, 2.05) is 36.5 Å². The van der Waals surface area contributed by atoms with Crippen molar-refractivity contribution in [3.8, 4) is 0 Å². The normalized spacial score (nSPS) is 12.7. The molecule has 2 aromatic carbocycles. The number of benzene rings is 2. The summed E-state index contributed by atoms with van der Waals surface area (Å²) in [6.07, 6.45) is 5.28. The molecule has 0 spiro atoms. The van der Waals surface area contributed by atoms with E-state index in [-0.39, 0.29) is 5.92 Å². The monoisotopic (exact) mass is 393 g/mol. The van der Waals surface area contributed by atoms with E-state index in [1.165, 1.54) is 16.4 Å². The van der Waals surface area contributed by atoms with Gasteiger partial charge in [0.05, 0.1) is 0 Å². The number of halogens is 1. The minimum absolute atomic E-state index is 0.138. The van der Waals surface area contributed by atoms with Crippen LogP contribution in [0.1, 0.15) is 30.0 Å². The Morgan fingerprint density at radius 1 is 1.24 bits per heavy atom. The van der Waals surface area contributed by atoms with E-state index in [0.717, 1.165) is 30.0 Å². The molecule has 0 aliphatic carbocycles. The number of amides is 1. The van der Waals surface area contributed by atoms with Gasteiger partial charge in [0.25, 0.3) is 0 Å². The second-order valence-electron chi connectivity index (χ2n) is 7.05. The summed E-state index contributed by atoms with van der Waals surface area (Å²) in [7, 11) is 0. The summed E-state index contributed by atoms with van der Waals surface area (Å²) in [6, 6.07) is 15.2. The van der Waals surface area contributed by atoms with Gasteiger partial charge in [-0.2, -0.15) is 0 Å². The molecule has 0 unspecified atom stereocenters. The molecule has 5 nitrogen and oxygen atoms in total. The zero-order valence-corrected chi connectivity index (χ0v) is 16.2. The van der Waals surface area contributed by atoms with Gasteiger partial charge >= 0.3 is 5.91 Å². The largest absolute Gasteiger partial charge is 0.361 e. The summed E-state index contributed by atoms with van der Waals surface area (Å²) in [4.78, 5) is 14.3. The Labute approximate surface area is 168 Å². The molecular formula is C23H24FN3O2. The Bertz CT molecular complexity index is 1040. The molecule has 0 aliphatic rings. The number of hydroxylamine groups is 1. The van der Waals surface area contributed by atoms with Crippen LogP contribution in [0.2, 0.25) is 0 Å². The molecule has 0 aliphatic heterocycles. The summed E-state index contributed by atoms with van der Waals surface area (Å²) >= 11 is 0. The lowest BCUT2D eigenvalue weighted by atomic mass is 9.89. The first kappa shape index (κ1) is 20.5. The molecule has 3 aromatic rings. The van der Waals surface area contributed by atoms with Gasteiger partial charge in [0, 0.05) is 35.2 Å². The van der Waals surface area contributed by atoms with Crippen molar-refractivity contribution in [1.82, 2.24) is 10.5 Å². The predicted molar refractivity (Wildman–Crippen MR) is 113 cm³/mol. The van der Waals surface area contributed by atoms with Crippen LogP contribution in [0.5, 0.6) is 0 Å². The molecule has 1 amide bonds. The third-order valence-electron chi connectivity index (χ3n) is 5.11. The van der Waals surface area contributed by atoms with Gasteiger partial charge in [-0.15, -0.1) is 0 Å². The molecule has 3 rings (SSSR count). The molecule has 0 fully saturated rings. The number of carbonyl (C=O) groups is 1. The second kappa shape index (κ2) is 9.30. The van der Waals surface area contributed by atoms with E-state index >= 15 is 0 Å². The van der Waals surface area contributed by atoms with Gasteiger partial charge in [-0.3, -0.25) is 10.0 Å². The Morgan fingerprint density at radius 3 is 2.66 bits per heavy atom. The van der Waals surface area contributed by atoms with Crippen LogP contribution in [0.4, 0.5) is 4.39 Å². The molecule has 6 heteroatoms. The van der Waals surface area contributed by atoms with Gasteiger partial charge in [0.1, 0.15) is 0 Å². The maximum absolute atomic E-state index is 13.5. The number of aromatic amines is 1. The van der Waals surface area contributed by atoms with Crippen LogP contribution in [0.3, 0.4) is 0 Å². The first-order valence-electron chi connectivity index (χ1n) is 9.54. The molecule has 1 heterocycles. The lowest BCUT2D eigenvalue weighted by Gasteiger charge is -2.16. The molecule has 0 bridgehead atoms. The van der Waals surface area contributed by atoms with Crippen molar-refractivity contribution in [2.24, 2.45) is 5.92 Å². The van der Waals surface area contributed by atoms with Crippen molar-refractivity contribution in [1.29, 1.82) is 5.41 Å². The predicted octanol–water partition coefficient (Wildman–Crippen LogP) is 4.81. The van der Waals surface area contributed by atoms with Crippen LogP contribution in [0.15, 0.2) is 60.6 Å². The van der Waals surface area contributed by atoms with Crippen molar-refractivity contribution in [2.45, 2.75) is 26.2 Å². The number of para-hydroxylation sites is 1. The average Bonchev–Trinajstić information content (AvgIpc) is 3.15. The van der Waals surface area contributed by atoms with Gasteiger partial charge in [-0.1, -0.05) is 49.4 Å². The quantitative estimate of drug-likeness (QED) is 0.191. The van der Waals surface area contributed by atoms with Crippen molar-refractivity contribution in [3.63, 3.8) is 0 Å². The van der Waals surface area contributed by atoms with Crippen molar-refractivity contribution < 1.29 is 14.4 Å². The number of carbonyl (C=O) groups excluding carboxylic acids is 1. The molecule has 0 radical (unpaired) electrons. The van der Waals surface area contributed by atoms with Crippen LogP contribution in [0.25, 0.3) is 17.0 Å². The molecule has 150 valence electrons. The van der Waals surface area contributed by atoms with E-state index < -0.39 is 11.7 Å². The van der Waals surface area contributed by atoms with Gasteiger partial charge in [-0.25, -0.2) is 9.87 Å². The van der Waals surface area contributed by atoms with Crippen molar-refractivity contribution in [2.75, 3.05) is 0 Å². The molecule has 1 atom stereocenters. The topological polar surface area (TPSA) is 89.0 Å². The molecular weight excluding hydrogens is 369 g/mol. The summed E-state index contributed by atoms with van der Waals surface area (Å²) in [5.74, 6) is -2.11. The molecule has 1 aromatic heterocycles. The molecule has 0 saturated carbocycles. The Hall–Kier alpha value is -3.25. The van der Waals surface area contributed by atoms with Crippen LogP contribution < -0.4 is 5.48 Å². The van der Waals surface area contributed by atoms with Gasteiger partial charge in [0.2, 0.25) is 0 Å². The fourth-order valence-electron chi connectivity index (χ4n) is 3.44. The molecule has 0 saturated heterocycles. The number of rotatable bonds is 8. The number of aromatic nitrogens is 1. The third kappa shape index (κ3) is 4.97. The van der Waals surface area contributed by atoms with E-state index in [4.69, 9.17) is 10.6 Å². The smallest absolute Gasteiger partial charge is 0.303 e. The standard InChI is InChI=1S/C23H24FN3O2/c1-2-17(13-18-14-26-22-6-4-3-5-19(18)22)21(25)12-16-9-7-15(8-10-16)11-20(24)23(28)27-29/h3-11,14,17,25-26,29H,2,12-13H2,1H3,(H,27,28)/b20-11-,25-21?/t17-/m1/s1. The second-order valence-corrected chi connectivity index (χ2v) is 7.05. The minimum Gasteiger partial charge on any atom is -0.361 e.